The molecule has 1 amide bonds. The molecule has 6 heteroatoms. The molecule has 3 nitrogen and oxygen atoms in total. The first kappa shape index (κ1) is 18.1. The van der Waals surface area contributed by atoms with E-state index in [0.717, 1.165) is 15.8 Å². The van der Waals surface area contributed by atoms with Crippen LogP contribution in [0.1, 0.15) is 11.1 Å². The Hall–Kier alpha value is -1.24. The zero-order valence-electron chi connectivity index (χ0n) is 12.7. The second kappa shape index (κ2) is 9.80. The summed E-state index contributed by atoms with van der Waals surface area (Å²) in [6, 6.07) is 16.0. The zero-order valence-corrected chi connectivity index (χ0v) is 15.9. The van der Waals surface area contributed by atoms with Gasteiger partial charge in [-0.2, -0.15) is 5.10 Å². The van der Waals surface area contributed by atoms with Crippen molar-refractivity contribution in [3.05, 3.63) is 64.1 Å². The van der Waals surface area contributed by atoms with Crippen molar-refractivity contribution in [2.24, 2.45) is 5.10 Å². The Morgan fingerprint density at radius 1 is 1.22 bits per heavy atom. The minimum atomic E-state index is -0.0981. The van der Waals surface area contributed by atoms with Gasteiger partial charge in [-0.3, -0.25) is 4.79 Å². The predicted octanol–water partition coefficient (Wildman–Crippen LogP) is 4.55. The van der Waals surface area contributed by atoms with Gasteiger partial charge in [0.1, 0.15) is 0 Å². The molecule has 0 aliphatic heterocycles. The van der Waals surface area contributed by atoms with Crippen LogP contribution in [0.3, 0.4) is 0 Å². The summed E-state index contributed by atoms with van der Waals surface area (Å²) in [6.45, 7) is 0. The molecule has 2 aromatic carbocycles. The van der Waals surface area contributed by atoms with Crippen molar-refractivity contribution >= 4 is 51.6 Å². The summed E-state index contributed by atoms with van der Waals surface area (Å²) >= 11 is 6.76. The first-order valence-electron chi connectivity index (χ1n) is 6.96. The van der Waals surface area contributed by atoms with Crippen molar-refractivity contribution in [2.45, 2.75) is 10.6 Å². The molecule has 0 aliphatic rings. The molecule has 0 aliphatic carbocycles. The van der Waals surface area contributed by atoms with Crippen molar-refractivity contribution in [3.63, 3.8) is 0 Å². The van der Waals surface area contributed by atoms with Crippen molar-refractivity contribution in [1.82, 2.24) is 5.43 Å². The van der Waals surface area contributed by atoms with E-state index in [4.69, 9.17) is 0 Å². The van der Waals surface area contributed by atoms with Crippen LogP contribution >= 0.6 is 39.5 Å². The van der Waals surface area contributed by atoms with E-state index in [-0.39, 0.29) is 5.91 Å². The van der Waals surface area contributed by atoms with Crippen LogP contribution in [0.4, 0.5) is 0 Å². The van der Waals surface area contributed by atoms with Gasteiger partial charge in [-0.05, 0) is 35.6 Å². The molecule has 23 heavy (non-hydrogen) atoms. The molecule has 0 saturated heterocycles. The van der Waals surface area contributed by atoms with E-state index in [0.29, 0.717) is 5.75 Å². The first-order chi connectivity index (χ1) is 11.2. The number of halogens is 1. The third-order valence-electron chi connectivity index (χ3n) is 2.97. The van der Waals surface area contributed by atoms with Crippen molar-refractivity contribution in [2.75, 3.05) is 12.0 Å². The van der Waals surface area contributed by atoms with E-state index < -0.39 is 0 Å². The van der Waals surface area contributed by atoms with Crippen molar-refractivity contribution in [3.8, 4) is 0 Å². The highest BCUT2D eigenvalue weighted by atomic mass is 79.9. The predicted molar refractivity (Wildman–Crippen MR) is 104 cm³/mol. The topological polar surface area (TPSA) is 41.5 Å². The molecular weight excluding hydrogens is 392 g/mol. The number of hydrogen-bond donors (Lipinski definition) is 1. The number of nitrogens with zero attached hydrogens (tertiary/aromatic N) is 1. The fourth-order valence-electron chi connectivity index (χ4n) is 1.77. The molecule has 120 valence electrons. The molecule has 0 atom stereocenters. The molecule has 2 rings (SSSR count). The van der Waals surface area contributed by atoms with Crippen LogP contribution in [0.2, 0.25) is 0 Å². The van der Waals surface area contributed by atoms with Gasteiger partial charge in [0, 0.05) is 15.1 Å². The molecule has 1 N–H and O–H groups in total. The van der Waals surface area contributed by atoms with Crippen LogP contribution in [-0.4, -0.2) is 24.1 Å². The third kappa shape index (κ3) is 6.41. The second-order valence-corrected chi connectivity index (χ2v) is 7.37. The second-order valence-electron chi connectivity index (χ2n) is 4.65. The average molecular weight is 409 g/mol. The smallest absolute Gasteiger partial charge is 0.250 e. The number of nitrogens with one attached hydrogen (secondary N) is 1. The minimum Gasteiger partial charge on any atom is -0.272 e. The van der Waals surface area contributed by atoms with Gasteiger partial charge < -0.3 is 0 Å². The fourth-order valence-corrected chi connectivity index (χ4v) is 3.61. The number of hydrazone groups is 1. The summed E-state index contributed by atoms with van der Waals surface area (Å²) in [5.41, 5.74) is 4.70. The number of hydrogen-bond acceptors (Lipinski definition) is 4. The lowest BCUT2D eigenvalue weighted by atomic mass is 10.2. The van der Waals surface area contributed by atoms with E-state index in [1.807, 2.05) is 54.8 Å². The lowest BCUT2D eigenvalue weighted by Gasteiger charge is -2.03. The molecule has 0 fully saturated rings. The quantitative estimate of drug-likeness (QED) is 0.414. The number of benzene rings is 2. The number of carbonyl (C=O) groups excluding carboxylic acids is 1. The van der Waals surface area contributed by atoms with E-state index >= 15 is 0 Å². The van der Waals surface area contributed by atoms with Gasteiger partial charge in [0.25, 0.3) is 0 Å². The Kier molecular flexibility index (Phi) is 7.71. The molecule has 0 saturated carbocycles. The Balaban J connectivity index is 1.72. The summed E-state index contributed by atoms with van der Waals surface area (Å²) in [5, 5.41) is 3.99. The molecule has 2 aromatic rings. The van der Waals surface area contributed by atoms with Gasteiger partial charge in [-0.25, -0.2) is 5.43 Å². The molecule has 0 radical (unpaired) electrons. The van der Waals surface area contributed by atoms with Gasteiger partial charge in [-0.1, -0.05) is 46.3 Å². The van der Waals surface area contributed by atoms with Gasteiger partial charge in [0.05, 0.1) is 12.0 Å². The van der Waals surface area contributed by atoms with Gasteiger partial charge >= 0.3 is 0 Å². The van der Waals surface area contributed by atoms with Gasteiger partial charge in [0.2, 0.25) is 5.91 Å². The number of amides is 1. The maximum Gasteiger partial charge on any atom is 0.250 e. The Labute approximate surface area is 153 Å². The van der Waals surface area contributed by atoms with E-state index in [1.54, 1.807) is 29.7 Å². The standard InChI is InChI=1S/C17H17BrN2OS2/c1-22-15-8-6-13(7-9-15)10-19-20-17(21)12-23-11-14-4-2-3-5-16(14)18/h2-10H,11-12H2,1H3,(H,20,21)/b19-10-. The number of thioether (sulfide) groups is 2. The fraction of sp³-hybridized carbons (Fsp3) is 0.176. The van der Waals surface area contributed by atoms with Crippen molar-refractivity contribution < 1.29 is 4.79 Å². The van der Waals surface area contributed by atoms with E-state index in [1.165, 1.54) is 10.5 Å². The van der Waals surface area contributed by atoms with Crippen LogP contribution in [0, 0.1) is 0 Å². The van der Waals surface area contributed by atoms with Crippen LogP contribution < -0.4 is 5.43 Å². The van der Waals surface area contributed by atoms with E-state index in [2.05, 4.69) is 26.5 Å². The average Bonchev–Trinajstić information content (AvgIpc) is 2.57. The minimum absolute atomic E-state index is 0.0981. The number of rotatable bonds is 7. The van der Waals surface area contributed by atoms with Gasteiger partial charge in [-0.15, -0.1) is 23.5 Å². The monoisotopic (exact) mass is 408 g/mol. The summed E-state index contributed by atoms with van der Waals surface area (Å²) in [6.07, 6.45) is 3.69. The van der Waals surface area contributed by atoms with Crippen molar-refractivity contribution in [1.29, 1.82) is 0 Å². The molecule has 0 spiro atoms. The molecule has 0 unspecified atom stereocenters. The number of carbonyl (C=O) groups is 1. The molecular formula is C17H17BrN2OS2. The maximum atomic E-state index is 11.7. The first-order valence-corrected chi connectivity index (χ1v) is 10.1. The molecule has 0 bridgehead atoms. The maximum absolute atomic E-state index is 11.7. The highest BCUT2D eigenvalue weighted by Gasteiger charge is 2.02. The Morgan fingerprint density at radius 2 is 1.96 bits per heavy atom. The lowest BCUT2D eigenvalue weighted by molar-refractivity contribution is -0.118. The zero-order chi connectivity index (χ0) is 16.5. The highest BCUT2D eigenvalue weighted by Crippen LogP contribution is 2.21. The van der Waals surface area contributed by atoms with Crippen LogP contribution in [-0.2, 0) is 10.5 Å². The molecule has 0 aromatic heterocycles. The Morgan fingerprint density at radius 3 is 2.65 bits per heavy atom. The summed E-state index contributed by atoms with van der Waals surface area (Å²) in [5.74, 6) is 1.07. The third-order valence-corrected chi connectivity index (χ3v) is 5.47. The van der Waals surface area contributed by atoms with Crippen LogP contribution in [0.5, 0.6) is 0 Å². The largest absolute Gasteiger partial charge is 0.272 e. The van der Waals surface area contributed by atoms with Crippen LogP contribution in [0.25, 0.3) is 0 Å². The lowest BCUT2D eigenvalue weighted by Crippen LogP contribution is -2.19. The van der Waals surface area contributed by atoms with E-state index in [9.17, 15) is 4.79 Å². The highest BCUT2D eigenvalue weighted by molar-refractivity contribution is 9.10. The van der Waals surface area contributed by atoms with Crippen LogP contribution in [0.15, 0.2) is 63.0 Å². The Bertz CT molecular complexity index is 675. The summed E-state index contributed by atoms with van der Waals surface area (Å²) < 4.78 is 1.07. The molecule has 0 heterocycles. The summed E-state index contributed by atoms with van der Waals surface area (Å²) in [7, 11) is 0. The SMILES string of the molecule is CSc1ccc(/C=N\NC(=O)CSCc2ccccc2Br)cc1. The summed E-state index contributed by atoms with van der Waals surface area (Å²) in [4.78, 5) is 13.0. The normalized spacial score (nSPS) is 10.9. The van der Waals surface area contributed by atoms with Gasteiger partial charge in [0.15, 0.2) is 0 Å².